The van der Waals surface area contributed by atoms with Crippen LogP contribution in [0.25, 0.3) is 0 Å². The first-order chi connectivity index (χ1) is 18.0. The quantitative estimate of drug-likeness (QED) is 0.349. The second-order valence-corrected chi connectivity index (χ2v) is 12.2. The average molecular weight is 601 g/mol. The van der Waals surface area contributed by atoms with Crippen molar-refractivity contribution in [1.29, 1.82) is 0 Å². The molecule has 1 atom stereocenters. The Hall–Kier alpha value is -3.17. The molecular weight excluding hydrogens is 566 g/mol. The Labute approximate surface area is 234 Å². The fraction of sp³-hybridized carbons (Fsp3) is 0.310. The second-order valence-electron chi connectivity index (χ2n) is 9.37. The van der Waals surface area contributed by atoms with Gasteiger partial charge in [0.1, 0.15) is 12.6 Å². The molecule has 3 aromatic carbocycles. The first-order valence-corrected chi connectivity index (χ1v) is 15.0. The number of carbonyl (C=O) groups is 2. The summed E-state index contributed by atoms with van der Waals surface area (Å²) in [7, 11) is -3.80. The first kappa shape index (κ1) is 29.4. The second kappa shape index (κ2) is 13.1. The van der Waals surface area contributed by atoms with E-state index in [0.717, 1.165) is 37.3 Å². The number of nitrogens with zero attached hydrogens (tertiary/aromatic N) is 2. The Bertz CT molecular complexity index is 1360. The van der Waals surface area contributed by atoms with Crippen LogP contribution in [0, 0.1) is 13.8 Å². The molecule has 1 unspecified atom stereocenters. The average Bonchev–Trinajstić information content (AvgIpc) is 2.84. The summed E-state index contributed by atoms with van der Waals surface area (Å²) < 4.78 is 27.7. The fourth-order valence-electron chi connectivity index (χ4n) is 4.39. The molecule has 9 heteroatoms. The van der Waals surface area contributed by atoms with Gasteiger partial charge in [-0.05, 0) is 67.3 Å². The molecule has 1 N–H and O–H groups in total. The molecule has 38 heavy (non-hydrogen) atoms. The lowest BCUT2D eigenvalue weighted by Gasteiger charge is -2.33. The van der Waals surface area contributed by atoms with Crippen LogP contribution in [0.15, 0.2) is 77.3 Å². The molecule has 0 fully saturated rings. The largest absolute Gasteiger partial charge is 0.355 e. The number of halogens is 1. The molecule has 0 saturated heterocycles. The summed E-state index contributed by atoms with van der Waals surface area (Å²) in [4.78, 5) is 28.8. The Morgan fingerprint density at radius 3 is 2.13 bits per heavy atom. The van der Waals surface area contributed by atoms with Crippen molar-refractivity contribution in [3.05, 3.63) is 99.5 Å². The number of carbonyl (C=O) groups excluding carboxylic acids is 2. The van der Waals surface area contributed by atoms with Gasteiger partial charge in [0.25, 0.3) is 0 Å². The van der Waals surface area contributed by atoms with Crippen LogP contribution in [0.4, 0.5) is 5.69 Å². The fourth-order valence-corrected chi connectivity index (χ4v) is 5.67. The lowest BCUT2D eigenvalue weighted by molar-refractivity contribution is -0.140. The van der Waals surface area contributed by atoms with Gasteiger partial charge in [0.2, 0.25) is 21.8 Å². The molecule has 0 aliphatic rings. The number of benzene rings is 3. The van der Waals surface area contributed by atoms with Crippen molar-refractivity contribution in [2.75, 3.05) is 23.7 Å². The van der Waals surface area contributed by atoms with Crippen LogP contribution in [-0.4, -0.2) is 50.5 Å². The van der Waals surface area contributed by atoms with Crippen LogP contribution in [0.3, 0.4) is 0 Å². The predicted molar refractivity (Wildman–Crippen MR) is 155 cm³/mol. The van der Waals surface area contributed by atoms with E-state index in [9.17, 15) is 18.0 Å². The van der Waals surface area contributed by atoms with Gasteiger partial charge in [-0.15, -0.1) is 0 Å². The zero-order valence-electron chi connectivity index (χ0n) is 22.1. The molecule has 3 rings (SSSR count). The predicted octanol–water partition coefficient (Wildman–Crippen LogP) is 4.61. The van der Waals surface area contributed by atoms with Gasteiger partial charge in [0, 0.05) is 24.0 Å². The number of anilines is 1. The van der Waals surface area contributed by atoms with E-state index in [2.05, 4.69) is 21.2 Å². The van der Waals surface area contributed by atoms with E-state index >= 15 is 0 Å². The Balaban J connectivity index is 2.06. The van der Waals surface area contributed by atoms with Crippen molar-refractivity contribution in [2.24, 2.45) is 0 Å². The topological polar surface area (TPSA) is 86.8 Å². The number of sulfonamides is 1. The standard InChI is InChI=1S/C29H34BrN3O4S/c1-5-31-29(35)27(18-23-10-7-6-8-11-23)32(19-24-12-9-13-25(30)17-24)28(34)20-33(38(4,36)37)26-15-21(2)14-22(3)16-26/h6-17,27H,5,18-20H2,1-4H3,(H,31,35). The zero-order chi connectivity index (χ0) is 27.9. The normalized spacial score (nSPS) is 12.0. The molecule has 2 amide bonds. The summed E-state index contributed by atoms with van der Waals surface area (Å²) in [6.07, 6.45) is 1.37. The summed E-state index contributed by atoms with van der Waals surface area (Å²) in [5.74, 6) is -0.765. The minimum absolute atomic E-state index is 0.136. The molecule has 0 aliphatic heterocycles. The number of rotatable bonds is 11. The van der Waals surface area contributed by atoms with Gasteiger partial charge in [-0.2, -0.15) is 0 Å². The third kappa shape index (κ3) is 8.16. The van der Waals surface area contributed by atoms with E-state index in [1.807, 2.05) is 81.4 Å². The number of amides is 2. The minimum Gasteiger partial charge on any atom is -0.355 e. The third-order valence-corrected chi connectivity index (χ3v) is 7.67. The van der Waals surface area contributed by atoms with Crippen LogP contribution >= 0.6 is 15.9 Å². The zero-order valence-corrected chi connectivity index (χ0v) is 24.6. The van der Waals surface area contributed by atoms with E-state index in [1.165, 1.54) is 4.90 Å². The molecule has 0 radical (unpaired) electrons. The Morgan fingerprint density at radius 2 is 1.55 bits per heavy atom. The van der Waals surface area contributed by atoms with Gasteiger partial charge in [-0.3, -0.25) is 13.9 Å². The van der Waals surface area contributed by atoms with Gasteiger partial charge in [-0.1, -0.05) is 64.5 Å². The summed E-state index contributed by atoms with van der Waals surface area (Å²) in [5.41, 5.74) is 3.89. The van der Waals surface area contributed by atoms with Crippen molar-refractivity contribution in [1.82, 2.24) is 10.2 Å². The molecule has 0 aromatic heterocycles. The molecule has 0 bridgehead atoms. The van der Waals surface area contributed by atoms with E-state index < -0.39 is 28.5 Å². The minimum atomic E-state index is -3.80. The Kier molecular flexibility index (Phi) is 10.1. The van der Waals surface area contributed by atoms with Crippen LogP contribution in [-0.2, 0) is 32.6 Å². The molecule has 202 valence electrons. The van der Waals surface area contributed by atoms with E-state index in [-0.39, 0.29) is 18.9 Å². The molecule has 0 heterocycles. The van der Waals surface area contributed by atoms with Gasteiger partial charge >= 0.3 is 0 Å². The third-order valence-electron chi connectivity index (χ3n) is 6.04. The Morgan fingerprint density at radius 1 is 0.921 bits per heavy atom. The smallest absolute Gasteiger partial charge is 0.244 e. The van der Waals surface area contributed by atoms with E-state index in [1.54, 1.807) is 12.1 Å². The number of hydrogen-bond acceptors (Lipinski definition) is 4. The van der Waals surface area contributed by atoms with Crippen molar-refractivity contribution in [3.63, 3.8) is 0 Å². The molecule has 3 aromatic rings. The summed E-state index contributed by atoms with van der Waals surface area (Å²) in [6.45, 7) is 5.69. The SMILES string of the molecule is CCNC(=O)C(Cc1ccccc1)N(Cc1cccc(Br)c1)C(=O)CN(c1cc(C)cc(C)c1)S(C)(=O)=O. The van der Waals surface area contributed by atoms with Crippen molar-refractivity contribution >= 4 is 43.5 Å². The highest BCUT2D eigenvalue weighted by Gasteiger charge is 2.33. The highest BCUT2D eigenvalue weighted by molar-refractivity contribution is 9.10. The molecule has 0 spiro atoms. The summed E-state index contributed by atoms with van der Waals surface area (Å²) in [6, 6.07) is 21.6. The number of nitrogens with one attached hydrogen (secondary N) is 1. The summed E-state index contributed by atoms with van der Waals surface area (Å²) in [5, 5.41) is 2.85. The monoisotopic (exact) mass is 599 g/mol. The highest BCUT2D eigenvalue weighted by Crippen LogP contribution is 2.23. The van der Waals surface area contributed by atoms with Gasteiger partial charge in [0.05, 0.1) is 11.9 Å². The summed E-state index contributed by atoms with van der Waals surface area (Å²) >= 11 is 3.47. The van der Waals surface area contributed by atoms with Crippen LogP contribution in [0.5, 0.6) is 0 Å². The lowest BCUT2D eigenvalue weighted by atomic mass is 10.0. The number of likely N-dealkylation sites (N-methyl/N-ethyl adjacent to an activating group) is 1. The van der Waals surface area contributed by atoms with Crippen molar-refractivity contribution in [2.45, 2.75) is 39.8 Å². The highest BCUT2D eigenvalue weighted by atomic mass is 79.9. The number of aryl methyl sites for hydroxylation is 2. The first-order valence-electron chi connectivity index (χ1n) is 12.4. The lowest BCUT2D eigenvalue weighted by Crippen LogP contribution is -2.53. The van der Waals surface area contributed by atoms with Gasteiger partial charge in [-0.25, -0.2) is 8.42 Å². The van der Waals surface area contributed by atoms with Gasteiger partial charge in [0.15, 0.2) is 0 Å². The van der Waals surface area contributed by atoms with Crippen molar-refractivity contribution < 1.29 is 18.0 Å². The van der Waals surface area contributed by atoms with E-state index in [0.29, 0.717) is 12.2 Å². The van der Waals surface area contributed by atoms with Crippen molar-refractivity contribution in [3.8, 4) is 0 Å². The van der Waals surface area contributed by atoms with Crippen LogP contribution in [0.2, 0.25) is 0 Å². The van der Waals surface area contributed by atoms with Gasteiger partial charge < -0.3 is 10.2 Å². The maximum atomic E-state index is 14.0. The van der Waals surface area contributed by atoms with E-state index in [4.69, 9.17) is 0 Å². The van der Waals surface area contributed by atoms with Crippen LogP contribution in [0.1, 0.15) is 29.2 Å². The molecule has 0 aliphatic carbocycles. The molecule has 0 saturated carbocycles. The maximum Gasteiger partial charge on any atom is 0.244 e. The number of hydrogen-bond donors (Lipinski definition) is 1. The molecular formula is C29H34BrN3O4S. The maximum absolute atomic E-state index is 14.0. The van der Waals surface area contributed by atoms with Crippen LogP contribution < -0.4 is 9.62 Å². The molecule has 7 nitrogen and oxygen atoms in total.